The van der Waals surface area contributed by atoms with Gasteiger partial charge in [0.2, 0.25) is 0 Å². The molecule has 2 rings (SSSR count). The minimum absolute atomic E-state index is 0.317. The lowest BCUT2D eigenvalue weighted by atomic mass is 9.96. The molecule has 5 nitrogen and oxygen atoms in total. The van der Waals surface area contributed by atoms with Crippen LogP contribution >= 0.6 is 0 Å². The van der Waals surface area contributed by atoms with Crippen LogP contribution in [0.1, 0.15) is 31.2 Å². The molecule has 1 aromatic rings. The predicted octanol–water partition coefficient (Wildman–Crippen LogP) is 1.75. The highest BCUT2D eigenvalue weighted by molar-refractivity contribution is 5.84. The summed E-state index contributed by atoms with van der Waals surface area (Å²) in [6.07, 6.45) is 8.76. The van der Waals surface area contributed by atoms with E-state index in [1.807, 2.05) is 19.4 Å². The number of ether oxygens (including phenoxy) is 1. The zero-order valence-corrected chi connectivity index (χ0v) is 10.2. The van der Waals surface area contributed by atoms with Gasteiger partial charge in [-0.05, 0) is 37.7 Å². The smallest absolute Gasteiger partial charge is 0.0582 e. The molecule has 0 unspecified atom stereocenters. The fourth-order valence-corrected chi connectivity index (χ4v) is 2.14. The maximum atomic E-state index is 8.64. The molecule has 1 heterocycles. The third kappa shape index (κ3) is 3.56. The van der Waals surface area contributed by atoms with Gasteiger partial charge in [0, 0.05) is 13.2 Å². The Morgan fingerprint density at radius 3 is 2.88 bits per heavy atom. The van der Waals surface area contributed by atoms with Gasteiger partial charge in [-0.2, -0.15) is 5.10 Å². The Labute approximate surface area is 101 Å². The van der Waals surface area contributed by atoms with Crippen molar-refractivity contribution in [2.24, 2.45) is 12.2 Å². The first-order valence-corrected chi connectivity index (χ1v) is 6.07. The van der Waals surface area contributed by atoms with Crippen molar-refractivity contribution in [1.82, 2.24) is 9.78 Å². The molecular weight excluding hydrogens is 218 g/mol. The molecule has 1 fully saturated rings. The van der Waals surface area contributed by atoms with E-state index in [0.29, 0.717) is 6.10 Å². The maximum Gasteiger partial charge on any atom is 0.0582 e. The van der Waals surface area contributed by atoms with Crippen molar-refractivity contribution in [3.63, 3.8) is 0 Å². The van der Waals surface area contributed by atoms with Crippen molar-refractivity contribution in [3.05, 3.63) is 18.0 Å². The molecule has 1 aliphatic rings. The summed E-state index contributed by atoms with van der Waals surface area (Å²) in [5.41, 5.74) is 2.11. The monoisotopic (exact) mass is 237 g/mol. The molecule has 0 bridgehead atoms. The molecule has 0 spiro atoms. The lowest BCUT2D eigenvalue weighted by molar-refractivity contribution is 0.0418. The number of hydrogen-bond donors (Lipinski definition) is 1. The molecule has 17 heavy (non-hydrogen) atoms. The van der Waals surface area contributed by atoms with Crippen LogP contribution < -0.4 is 0 Å². The fourth-order valence-electron chi connectivity index (χ4n) is 2.14. The second kappa shape index (κ2) is 5.82. The molecule has 0 saturated heterocycles. The number of nitrogens with zero attached hydrogens (tertiary/aromatic N) is 3. The van der Waals surface area contributed by atoms with Gasteiger partial charge in [0.05, 0.1) is 24.6 Å². The number of hydrogen-bond acceptors (Lipinski definition) is 4. The van der Waals surface area contributed by atoms with Gasteiger partial charge in [-0.25, -0.2) is 0 Å². The lowest BCUT2D eigenvalue weighted by Crippen LogP contribution is -2.22. The first-order chi connectivity index (χ1) is 8.28. The molecule has 1 aromatic heterocycles. The van der Waals surface area contributed by atoms with Gasteiger partial charge in [0.15, 0.2) is 0 Å². The maximum absolute atomic E-state index is 8.64. The van der Waals surface area contributed by atoms with E-state index in [0.717, 1.165) is 44.4 Å². The molecule has 0 radical (unpaired) electrons. The van der Waals surface area contributed by atoms with Crippen LogP contribution in [0.15, 0.2) is 17.5 Å². The van der Waals surface area contributed by atoms with Crippen molar-refractivity contribution in [3.8, 4) is 0 Å². The summed E-state index contributed by atoms with van der Waals surface area (Å²) in [4.78, 5) is 0. The highest BCUT2D eigenvalue weighted by Gasteiger charge is 2.18. The Morgan fingerprint density at radius 1 is 1.53 bits per heavy atom. The summed E-state index contributed by atoms with van der Waals surface area (Å²) in [5.74, 6) is 0. The van der Waals surface area contributed by atoms with Crippen molar-refractivity contribution in [2.45, 2.75) is 38.2 Å². The Morgan fingerprint density at radius 2 is 2.29 bits per heavy atom. The SMILES string of the molecule is Cn1cc(CCOC2CCC(=NO)CC2)cn1. The first-order valence-electron chi connectivity index (χ1n) is 6.07. The average molecular weight is 237 g/mol. The van der Waals surface area contributed by atoms with Crippen molar-refractivity contribution >= 4 is 5.71 Å². The predicted molar refractivity (Wildman–Crippen MR) is 64.3 cm³/mol. The van der Waals surface area contributed by atoms with Crippen molar-refractivity contribution < 1.29 is 9.94 Å². The minimum Gasteiger partial charge on any atom is -0.411 e. The van der Waals surface area contributed by atoms with Gasteiger partial charge in [-0.3, -0.25) is 4.68 Å². The number of rotatable bonds is 4. The highest BCUT2D eigenvalue weighted by Crippen LogP contribution is 2.19. The molecule has 5 heteroatoms. The van der Waals surface area contributed by atoms with Crippen LogP contribution in [0, 0.1) is 0 Å². The van der Waals surface area contributed by atoms with E-state index >= 15 is 0 Å². The second-order valence-corrected chi connectivity index (χ2v) is 4.51. The van der Waals surface area contributed by atoms with Gasteiger partial charge >= 0.3 is 0 Å². The number of aryl methyl sites for hydroxylation is 1. The van der Waals surface area contributed by atoms with Crippen molar-refractivity contribution in [1.29, 1.82) is 0 Å². The van der Waals surface area contributed by atoms with E-state index < -0.39 is 0 Å². The number of oxime groups is 1. The molecule has 0 aromatic carbocycles. The number of aromatic nitrogens is 2. The molecule has 0 aliphatic heterocycles. The lowest BCUT2D eigenvalue weighted by Gasteiger charge is -2.22. The van der Waals surface area contributed by atoms with E-state index in [1.54, 1.807) is 4.68 Å². The van der Waals surface area contributed by atoms with Gasteiger partial charge in [-0.15, -0.1) is 0 Å². The third-order valence-electron chi connectivity index (χ3n) is 3.15. The molecule has 0 atom stereocenters. The van der Waals surface area contributed by atoms with E-state index in [2.05, 4.69) is 10.3 Å². The van der Waals surface area contributed by atoms with Crippen LogP contribution in [-0.2, 0) is 18.2 Å². The van der Waals surface area contributed by atoms with E-state index in [9.17, 15) is 0 Å². The second-order valence-electron chi connectivity index (χ2n) is 4.51. The van der Waals surface area contributed by atoms with Gasteiger partial charge in [0.1, 0.15) is 0 Å². The summed E-state index contributed by atoms with van der Waals surface area (Å²) in [6, 6.07) is 0. The Hall–Kier alpha value is -1.36. The average Bonchev–Trinajstić information content (AvgIpc) is 2.76. The van der Waals surface area contributed by atoms with E-state index in [-0.39, 0.29) is 0 Å². The highest BCUT2D eigenvalue weighted by atomic mass is 16.5. The van der Waals surface area contributed by atoms with E-state index in [1.165, 1.54) is 5.56 Å². The quantitative estimate of drug-likeness (QED) is 0.641. The molecule has 0 amide bonds. The standard InChI is InChI=1S/C12H19N3O2/c1-15-9-10(8-13-15)6-7-17-12-4-2-11(14-16)3-5-12/h8-9,12,16H,2-7H2,1H3. The fraction of sp³-hybridized carbons (Fsp3) is 0.667. The van der Waals surface area contributed by atoms with Crippen LogP contribution in [0.3, 0.4) is 0 Å². The van der Waals surface area contributed by atoms with Crippen molar-refractivity contribution in [2.75, 3.05) is 6.61 Å². The van der Waals surface area contributed by atoms with E-state index in [4.69, 9.17) is 9.94 Å². The summed E-state index contributed by atoms with van der Waals surface area (Å²) < 4.78 is 7.62. The molecular formula is C12H19N3O2. The van der Waals surface area contributed by atoms with Gasteiger partial charge in [0.25, 0.3) is 0 Å². The normalized spacial score (nSPS) is 20.5. The van der Waals surface area contributed by atoms with Crippen LogP contribution in [0.5, 0.6) is 0 Å². The zero-order chi connectivity index (χ0) is 12.1. The molecule has 1 N–H and O–H groups in total. The van der Waals surface area contributed by atoms with Crippen LogP contribution in [0.4, 0.5) is 0 Å². The van der Waals surface area contributed by atoms with Crippen LogP contribution in [0.2, 0.25) is 0 Å². The Bertz CT molecular complexity index is 377. The Balaban J connectivity index is 1.66. The zero-order valence-electron chi connectivity index (χ0n) is 10.2. The molecule has 94 valence electrons. The van der Waals surface area contributed by atoms with Gasteiger partial charge in [-0.1, -0.05) is 5.16 Å². The third-order valence-corrected chi connectivity index (χ3v) is 3.15. The minimum atomic E-state index is 0.317. The summed E-state index contributed by atoms with van der Waals surface area (Å²) >= 11 is 0. The summed E-state index contributed by atoms with van der Waals surface area (Å²) in [6.45, 7) is 0.738. The summed E-state index contributed by atoms with van der Waals surface area (Å²) in [7, 11) is 1.92. The molecule has 1 aliphatic carbocycles. The topological polar surface area (TPSA) is 59.6 Å². The van der Waals surface area contributed by atoms with Crippen LogP contribution in [0.25, 0.3) is 0 Å². The first kappa shape index (κ1) is 12.1. The molecule has 1 saturated carbocycles. The summed E-state index contributed by atoms with van der Waals surface area (Å²) in [5, 5.41) is 16.0. The van der Waals surface area contributed by atoms with Gasteiger partial charge < -0.3 is 9.94 Å². The van der Waals surface area contributed by atoms with Crippen LogP contribution in [-0.4, -0.2) is 33.4 Å². The Kier molecular flexibility index (Phi) is 4.14. The largest absolute Gasteiger partial charge is 0.411 e.